The van der Waals surface area contributed by atoms with E-state index in [1.54, 1.807) is 41.1 Å². The first kappa shape index (κ1) is 19.0. The highest BCUT2D eigenvalue weighted by molar-refractivity contribution is 7.98. The molecule has 5 heterocycles. The van der Waals surface area contributed by atoms with Crippen LogP contribution in [-0.2, 0) is 23.5 Å². The number of thiophene rings is 1. The Labute approximate surface area is 186 Å². The van der Waals surface area contributed by atoms with E-state index in [0.717, 1.165) is 38.9 Å². The van der Waals surface area contributed by atoms with Gasteiger partial charge in [-0.1, -0.05) is 23.9 Å². The smallest absolute Gasteiger partial charge is 0.260 e. The Balaban J connectivity index is 1.50. The van der Waals surface area contributed by atoms with Crippen LogP contribution in [-0.4, -0.2) is 41.9 Å². The lowest BCUT2D eigenvalue weighted by Crippen LogP contribution is -2.31. The maximum absolute atomic E-state index is 6.07. The number of hydrogen-bond acceptors (Lipinski definition) is 8. The Morgan fingerprint density at radius 3 is 2.87 bits per heavy atom. The van der Waals surface area contributed by atoms with Crippen LogP contribution < -0.4 is 4.74 Å². The molecular weight excluding hydrogens is 432 g/mol. The summed E-state index contributed by atoms with van der Waals surface area (Å²) in [4.78, 5) is 6.91. The third kappa shape index (κ3) is 3.00. The molecule has 10 heteroatoms. The highest BCUT2D eigenvalue weighted by Gasteiger charge is 2.32. The van der Waals surface area contributed by atoms with Crippen LogP contribution in [0.5, 0.6) is 5.75 Å². The maximum Gasteiger partial charge on any atom is 0.260 e. The molecule has 6 rings (SSSR count). The van der Waals surface area contributed by atoms with Crippen LogP contribution in [0.4, 0.5) is 0 Å². The average molecular weight is 453 g/mol. The molecule has 0 atom stereocenters. The Morgan fingerprint density at radius 2 is 2.06 bits per heavy atom. The van der Waals surface area contributed by atoms with Crippen molar-refractivity contribution in [1.29, 1.82) is 0 Å². The van der Waals surface area contributed by atoms with Crippen LogP contribution >= 0.6 is 23.1 Å². The Hall–Kier alpha value is -2.69. The first-order chi connectivity index (χ1) is 15.0. The molecular formula is C21H20N6O2S2. The molecule has 0 aliphatic carbocycles. The van der Waals surface area contributed by atoms with Crippen molar-refractivity contribution in [3.63, 3.8) is 0 Å². The fourth-order valence-corrected chi connectivity index (χ4v) is 6.20. The summed E-state index contributed by atoms with van der Waals surface area (Å²) in [6.07, 6.45) is 2.43. The zero-order valence-electron chi connectivity index (χ0n) is 17.3. The van der Waals surface area contributed by atoms with E-state index in [1.165, 1.54) is 16.0 Å². The minimum atomic E-state index is -0.202. The van der Waals surface area contributed by atoms with Crippen LogP contribution in [0.3, 0.4) is 0 Å². The molecule has 0 bridgehead atoms. The molecule has 158 valence electrons. The monoisotopic (exact) mass is 452 g/mol. The van der Waals surface area contributed by atoms with Crippen molar-refractivity contribution in [3.8, 4) is 5.75 Å². The quantitative estimate of drug-likeness (QED) is 0.379. The summed E-state index contributed by atoms with van der Waals surface area (Å²) in [6, 6.07) is 8.10. The van der Waals surface area contributed by atoms with Crippen molar-refractivity contribution in [2.75, 3.05) is 7.11 Å². The Morgan fingerprint density at radius 1 is 1.23 bits per heavy atom. The molecule has 1 aliphatic rings. The van der Waals surface area contributed by atoms with Crippen molar-refractivity contribution >= 4 is 44.7 Å². The Bertz CT molecular complexity index is 1430. The zero-order valence-corrected chi connectivity index (χ0v) is 19.0. The van der Waals surface area contributed by atoms with Gasteiger partial charge < -0.3 is 9.47 Å². The number of thioether (sulfide) groups is 1. The van der Waals surface area contributed by atoms with E-state index >= 15 is 0 Å². The van der Waals surface area contributed by atoms with E-state index in [4.69, 9.17) is 9.47 Å². The maximum atomic E-state index is 6.07. The summed E-state index contributed by atoms with van der Waals surface area (Å²) in [5, 5.41) is 15.4. The van der Waals surface area contributed by atoms with Gasteiger partial charge in [0, 0.05) is 17.1 Å². The van der Waals surface area contributed by atoms with Gasteiger partial charge >= 0.3 is 0 Å². The number of ether oxygens (including phenoxy) is 2. The molecule has 0 spiro atoms. The van der Waals surface area contributed by atoms with Crippen molar-refractivity contribution < 1.29 is 9.47 Å². The minimum absolute atomic E-state index is 0.202. The van der Waals surface area contributed by atoms with Crippen LogP contribution in [0.25, 0.3) is 21.6 Å². The summed E-state index contributed by atoms with van der Waals surface area (Å²) in [6.45, 7) is 4.88. The van der Waals surface area contributed by atoms with E-state index in [-0.39, 0.29) is 5.60 Å². The van der Waals surface area contributed by atoms with Gasteiger partial charge in [-0.25, -0.2) is 9.38 Å². The SMILES string of the molecule is COc1ccc(CSc2nnc3n4ncnc4c4c5c(sc4n23)COC(C)(C)C5)cc1. The van der Waals surface area contributed by atoms with Gasteiger partial charge in [-0.3, -0.25) is 0 Å². The standard InChI is InChI=1S/C21H20N6O2S2/c1-21(2)8-14-15(9-29-21)31-18-16(14)17-22-11-23-27(17)19-24-25-20(26(18)19)30-10-12-4-6-13(28-3)7-5-12/h4-7,11H,8-10H2,1-3H3. The zero-order chi connectivity index (χ0) is 21.2. The number of nitrogens with zero attached hydrogens (tertiary/aromatic N) is 6. The third-order valence-corrected chi connectivity index (χ3v) is 7.77. The molecule has 4 aromatic heterocycles. The van der Waals surface area contributed by atoms with Crippen LogP contribution in [0.2, 0.25) is 0 Å². The molecule has 0 radical (unpaired) electrons. The highest BCUT2D eigenvalue weighted by atomic mass is 32.2. The normalized spacial score (nSPS) is 15.7. The van der Waals surface area contributed by atoms with Gasteiger partial charge in [-0.15, -0.1) is 21.5 Å². The summed E-state index contributed by atoms with van der Waals surface area (Å²) in [5.74, 6) is 2.31. The second-order valence-electron chi connectivity index (χ2n) is 8.16. The number of methoxy groups -OCH3 is 1. The van der Waals surface area contributed by atoms with Crippen molar-refractivity contribution in [3.05, 3.63) is 46.6 Å². The molecule has 5 aromatic rings. The van der Waals surface area contributed by atoms with Gasteiger partial charge in [0.1, 0.15) is 16.9 Å². The molecule has 0 saturated heterocycles. The molecule has 0 saturated carbocycles. The van der Waals surface area contributed by atoms with E-state index in [0.29, 0.717) is 12.4 Å². The van der Waals surface area contributed by atoms with Crippen LogP contribution in [0.1, 0.15) is 29.9 Å². The molecule has 0 fully saturated rings. The topological polar surface area (TPSA) is 78.8 Å². The molecule has 8 nitrogen and oxygen atoms in total. The fraction of sp³-hybridized carbons (Fsp3) is 0.333. The largest absolute Gasteiger partial charge is 0.497 e. The summed E-state index contributed by atoms with van der Waals surface area (Å²) >= 11 is 3.40. The number of rotatable bonds is 4. The van der Waals surface area contributed by atoms with E-state index < -0.39 is 0 Å². The molecule has 1 aliphatic heterocycles. The van der Waals surface area contributed by atoms with Gasteiger partial charge in [0.2, 0.25) is 0 Å². The lowest BCUT2D eigenvalue weighted by molar-refractivity contribution is -0.0379. The minimum Gasteiger partial charge on any atom is -0.497 e. The molecule has 0 amide bonds. The van der Waals surface area contributed by atoms with E-state index in [9.17, 15) is 0 Å². The lowest BCUT2D eigenvalue weighted by Gasteiger charge is -2.30. The number of fused-ring (bicyclic) bond motifs is 8. The van der Waals surface area contributed by atoms with E-state index in [2.05, 4.69) is 50.7 Å². The predicted molar refractivity (Wildman–Crippen MR) is 120 cm³/mol. The van der Waals surface area contributed by atoms with Crippen molar-refractivity contribution in [2.45, 2.75) is 43.4 Å². The lowest BCUT2D eigenvalue weighted by atomic mass is 9.94. The van der Waals surface area contributed by atoms with Gasteiger partial charge in [0.15, 0.2) is 10.8 Å². The second-order valence-corrected chi connectivity index (χ2v) is 10.2. The first-order valence-electron chi connectivity index (χ1n) is 9.95. The summed E-state index contributed by atoms with van der Waals surface area (Å²) in [7, 11) is 1.68. The Kier molecular flexibility index (Phi) is 4.24. The predicted octanol–water partition coefficient (Wildman–Crippen LogP) is 4.14. The number of hydrogen-bond donors (Lipinski definition) is 0. The fourth-order valence-electron chi connectivity index (χ4n) is 4.03. The second kappa shape index (κ2) is 6.91. The van der Waals surface area contributed by atoms with Gasteiger partial charge in [-0.2, -0.15) is 9.61 Å². The summed E-state index contributed by atoms with van der Waals surface area (Å²) in [5.41, 5.74) is 3.13. The molecule has 1 aromatic carbocycles. The average Bonchev–Trinajstić information content (AvgIpc) is 3.47. The third-order valence-electron chi connectivity index (χ3n) is 5.58. The first-order valence-corrected chi connectivity index (χ1v) is 11.7. The molecule has 0 N–H and O–H groups in total. The molecule has 31 heavy (non-hydrogen) atoms. The van der Waals surface area contributed by atoms with Gasteiger partial charge in [-0.05, 0) is 37.1 Å². The summed E-state index contributed by atoms with van der Waals surface area (Å²) < 4.78 is 15.2. The van der Waals surface area contributed by atoms with Crippen molar-refractivity contribution in [1.82, 2.24) is 29.2 Å². The van der Waals surface area contributed by atoms with Crippen LogP contribution in [0.15, 0.2) is 35.7 Å². The van der Waals surface area contributed by atoms with Gasteiger partial charge in [0.25, 0.3) is 5.78 Å². The number of benzene rings is 1. The van der Waals surface area contributed by atoms with Crippen molar-refractivity contribution in [2.24, 2.45) is 0 Å². The molecule has 0 unspecified atom stereocenters. The number of aromatic nitrogens is 6. The van der Waals surface area contributed by atoms with Gasteiger partial charge in [0.05, 0.1) is 24.7 Å². The highest BCUT2D eigenvalue weighted by Crippen LogP contribution is 2.41. The van der Waals surface area contributed by atoms with E-state index in [1.807, 2.05) is 12.1 Å². The van der Waals surface area contributed by atoms with Crippen LogP contribution in [0, 0.1) is 0 Å².